The maximum absolute atomic E-state index is 5.90. The Morgan fingerprint density at radius 1 is 1.05 bits per heavy atom. The summed E-state index contributed by atoms with van der Waals surface area (Å²) in [4.78, 5) is 12.9. The van der Waals surface area contributed by atoms with Crippen molar-refractivity contribution in [2.75, 3.05) is 0 Å². The van der Waals surface area contributed by atoms with Gasteiger partial charge in [-0.15, -0.1) is 5.10 Å². The number of nitrogens with two attached hydrogens (primary N) is 1. The van der Waals surface area contributed by atoms with Crippen LogP contribution < -0.4 is 5.73 Å². The molecule has 0 spiro atoms. The first kappa shape index (κ1) is 12.4. The van der Waals surface area contributed by atoms with Gasteiger partial charge in [-0.25, -0.2) is 14.6 Å². The Morgan fingerprint density at radius 2 is 1.80 bits per heavy atom. The topological polar surface area (TPSA) is 82.5 Å². The molecule has 6 nitrogen and oxygen atoms in total. The Morgan fingerprint density at radius 3 is 2.55 bits per heavy atom. The van der Waals surface area contributed by atoms with Gasteiger partial charge in [0.15, 0.2) is 0 Å². The molecule has 100 valence electrons. The largest absolute Gasteiger partial charge is 0.323 e. The molecule has 1 unspecified atom stereocenters. The third kappa shape index (κ3) is 2.28. The van der Waals surface area contributed by atoms with Crippen molar-refractivity contribution in [3.63, 3.8) is 0 Å². The van der Waals surface area contributed by atoms with E-state index in [4.69, 9.17) is 5.73 Å². The molecular formula is C14H14N6. The predicted molar refractivity (Wildman–Crippen MR) is 75.0 cm³/mol. The van der Waals surface area contributed by atoms with Gasteiger partial charge < -0.3 is 5.73 Å². The molecule has 3 rings (SSSR count). The molecule has 0 saturated carbocycles. The van der Waals surface area contributed by atoms with Crippen molar-refractivity contribution in [2.24, 2.45) is 5.73 Å². The standard InChI is InChI=1S/C14H14N6/c1-10(15)12-13(17-8-7-16-12)14-18-9-20(19-14)11-5-3-2-4-6-11/h2-10H,15H2,1H3. The zero-order valence-electron chi connectivity index (χ0n) is 11.0. The molecule has 0 radical (unpaired) electrons. The molecule has 0 amide bonds. The predicted octanol–water partition coefficient (Wildman–Crippen LogP) is 1.74. The summed E-state index contributed by atoms with van der Waals surface area (Å²) < 4.78 is 1.70. The third-order valence-corrected chi connectivity index (χ3v) is 2.88. The number of hydrogen-bond acceptors (Lipinski definition) is 5. The highest BCUT2D eigenvalue weighted by atomic mass is 15.3. The summed E-state index contributed by atoms with van der Waals surface area (Å²) in [6.07, 6.45) is 4.89. The zero-order valence-corrected chi connectivity index (χ0v) is 11.0. The highest BCUT2D eigenvalue weighted by molar-refractivity contribution is 5.52. The van der Waals surface area contributed by atoms with Gasteiger partial charge in [0.25, 0.3) is 0 Å². The molecule has 0 fully saturated rings. The first-order valence-electron chi connectivity index (χ1n) is 6.29. The lowest BCUT2D eigenvalue weighted by molar-refractivity contribution is 0.772. The monoisotopic (exact) mass is 266 g/mol. The van der Waals surface area contributed by atoms with E-state index in [9.17, 15) is 0 Å². The fourth-order valence-electron chi connectivity index (χ4n) is 1.93. The van der Waals surface area contributed by atoms with Gasteiger partial charge in [0.05, 0.1) is 11.4 Å². The molecule has 0 bridgehead atoms. The van der Waals surface area contributed by atoms with Crippen molar-refractivity contribution >= 4 is 0 Å². The maximum atomic E-state index is 5.90. The van der Waals surface area contributed by atoms with Crippen molar-refractivity contribution < 1.29 is 0 Å². The summed E-state index contributed by atoms with van der Waals surface area (Å²) in [7, 11) is 0. The lowest BCUT2D eigenvalue weighted by Gasteiger charge is -2.07. The molecule has 0 aliphatic carbocycles. The van der Waals surface area contributed by atoms with Gasteiger partial charge in [0.2, 0.25) is 5.82 Å². The molecular weight excluding hydrogens is 252 g/mol. The molecule has 2 heterocycles. The molecule has 0 aliphatic heterocycles. The van der Waals surface area contributed by atoms with Gasteiger partial charge in [-0.3, -0.25) is 4.98 Å². The lowest BCUT2D eigenvalue weighted by atomic mass is 10.2. The van der Waals surface area contributed by atoms with Gasteiger partial charge in [-0.2, -0.15) is 0 Å². The summed E-state index contributed by atoms with van der Waals surface area (Å²) in [5, 5.41) is 4.44. The highest BCUT2D eigenvalue weighted by Gasteiger charge is 2.15. The minimum Gasteiger partial charge on any atom is -0.323 e. The number of nitrogens with zero attached hydrogens (tertiary/aromatic N) is 5. The van der Waals surface area contributed by atoms with Crippen molar-refractivity contribution in [3.05, 3.63) is 54.7 Å². The molecule has 1 aromatic carbocycles. The van der Waals surface area contributed by atoms with Gasteiger partial charge in [-0.05, 0) is 19.1 Å². The Hall–Kier alpha value is -2.60. The van der Waals surface area contributed by atoms with Gasteiger partial charge in [0, 0.05) is 18.4 Å². The minimum atomic E-state index is -0.220. The minimum absolute atomic E-state index is 0.220. The van der Waals surface area contributed by atoms with Crippen LogP contribution in [0.15, 0.2) is 49.1 Å². The number of aromatic nitrogens is 5. The van der Waals surface area contributed by atoms with Crippen LogP contribution in [0.2, 0.25) is 0 Å². The Bertz CT molecular complexity index is 704. The Kier molecular flexibility index (Phi) is 3.22. The van der Waals surface area contributed by atoms with Crippen LogP contribution in [0.25, 0.3) is 17.2 Å². The van der Waals surface area contributed by atoms with Crippen molar-refractivity contribution in [1.29, 1.82) is 0 Å². The highest BCUT2D eigenvalue weighted by Crippen LogP contribution is 2.20. The van der Waals surface area contributed by atoms with E-state index < -0.39 is 0 Å². The van der Waals surface area contributed by atoms with Gasteiger partial charge in [-0.1, -0.05) is 18.2 Å². The molecule has 0 aliphatic rings. The van der Waals surface area contributed by atoms with Crippen molar-refractivity contribution in [2.45, 2.75) is 13.0 Å². The number of benzene rings is 1. The molecule has 1 atom stereocenters. The molecule has 2 aromatic heterocycles. The summed E-state index contributed by atoms with van der Waals surface area (Å²) >= 11 is 0. The fourth-order valence-corrected chi connectivity index (χ4v) is 1.93. The van der Waals surface area contributed by atoms with Crippen LogP contribution in [0.1, 0.15) is 18.7 Å². The molecule has 0 saturated heterocycles. The summed E-state index contributed by atoms with van der Waals surface area (Å²) in [6, 6.07) is 9.56. The van der Waals surface area contributed by atoms with E-state index in [0.717, 1.165) is 5.69 Å². The van der Waals surface area contributed by atoms with Crippen LogP contribution in [0.3, 0.4) is 0 Å². The Balaban J connectivity index is 2.03. The second-order valence-electron chi connectivity index (χ2n) is 4.43. The van der Waals surface area contributed by atoms with E-state index >= 15 is 0 Å². The number of para-hydroxylation sites is 1. The molecule has 6 heteroatoms. The zero-order chi connectivity index (χ0) is 13.9. The average molecular weight is 266 g/mol. The van der Waals surface area contributed by atoms with E-state index in [1.165, 1.54) is 0 Å². The fraction of sp³-hybridized carbons (Fsp3) is 0.143. The summed E-state index contributed by atoms with van der Waals surface area (Å²) in [6.45, 7) is 1.86. The van der Waals surface area contributed by atoms with E-state index in [1.807, 2.05) is 37.3 Å². The number of hydrogen-bond donors (Lipinski definition) is 1. The molecule has 2 N–H and O–H groups in total. The first-order valence-corrected chi connectivity index (χ1v) is 6.29. The normalized spacial score (nSPS) is 12.3. The van der Waals surface area contributed by atoms with Crippen LogP contribution >= 0.6 is 0 Å². The second kappa shape index (κ2) is 5.18. The number of rotatable bonds is 3. The third-order valence-electron chi connectivity index (χ3n) is 2.88. The maximum Gasteiger partial charge on any atom is 0.202 e. The van der Waals surface area contributed by atoms with E-state index in [1.54, 1.807) is 23.4 Å². The lowest BCUT2D eigenvalue weighted by Crippen LogP contribution is -2.10. The van der Waals surface area contributed by atoms with Gasteiger partial charge in [0.1, 0.15) is 12.0 Å². The van der Waals surface area contributed by atoms with Gasteiger partial charge >= 0.3 is 0 Å². The van der Waals surface area contributed by atoms with Crippen LogP contribution in [0, 0.1) is 0 Å². The van der Waals surface area contributed by atoms with Crippen LogP contribution in [0.4, 0.5) is 0 Å². The van der Waals surface area contributed by atoms with E-state index in [-0.39, 0.29) is 6.04 Å². The SMILES string of the molecule is CC(N)c1nccnc1-c1ncn(-c2ccccc2)n1. The second-order valence-corrected chi connectivity index (χ2v) is 4.43. The van der Waals surface area contributed by atoms with E-state index in [0.29, 0.717) is 17.2 Å². The van der Waals surface area contributed by atoms with Crippen molar-refractivity contribution in [1.82, 2.24) is 24.7 Å². The average Bonchev–Trinajstić information content (AvgIpc) is 2.98. The van der Waals surface area contributed by atoms with E-state index in [2.05, 4.69) is 20.1 Å². The van der Waals surface area contributed by atoms with Crippen LogP contribution in [-0.4, -0.2) is 24.7 Å². The van der Waals surface area contributed by atoms with Crippen molar-refractivity contribution in [3.8, 4) is 17.2 Å². The quantitative estimate of drug-likeness (QED) is 0.780. The Labute approximate surface area is 116 Å². The summed E-state index contributed by atoms with van der Waals surface area (Å²) in [5.74, 6) is 0.522. The molecule has 3 aromatic rings. The molecule has 20 heavy (non-hydrogen) atoms. The van der Waals surface area contributed by atoms with Crippen LogP contribution in [0.5, 0.6) is 0 Å². The summed E-state index contributed by atoms with van der Waals surface area (Å²) in [5.41, 5.74) is 8.16. The first-order chi connectivity index (χ1) is 9.75. The van der Waals surface area contributed by atoms with Crippen LogP contribution in [-0.2, 0) is 0 Å². The smallest absolute Gasteiger partial charge is 0.202 e.